The van der Waals surface area contributed by atoms with Crippen LogP contribution in [-0.2, 0) is 20.4 Å². The van der Waals surface area contributed by atoms with Gasteiger partial charge in [-0.2, -0.15) is 9.98 Å². The van der Waals surface area contributed by atoms with Crippen LogP contribution in [0.3, 0.4) is 0 Å². The lowest BCUT2D eigenvalue weighted by Crippen LogP contribution is -2.22. The van der Waals surface area contributed by atoms with Crippen molar-refractivity contribution in [2.24, 2.45) is 9.98 Å². The zero-order chi connectivity index (χ0) is 21.8. The van der Waals surface area contributed by atoms with Crippen LogP contribution in [-0.4, -0.2) is 12.2 Å². The molecule has 3 aromatic carbocycles. The molecular formula is C26H24N2O2. The van der Waals surface area contributed by atoms with E-state index in [0.717, 1.165) is 22.3 Å². The van der Waals surface area contributed by atoms with Crippen LogP contribution in [0.1, 0.15) is 49.9 Å². The molecule has 0 bridgehead atoms. The average molecular weight is 396 g/mol. The standard InChI is InChI=1S/C26H24N2O2/c1-25(2,21-10-6-12-23(15-21)27-17-29)19-8-5-9-20(14-19)26(3,4)22-11-7-13-24(16-22)28-18-30/h5-16H,1-4H3. The molecule has 0 aliphatic heterocycles. The Bertz CT molecular complexity index is 1080. The summed E-state index contributed by atoms with van der Waals surface area (Å²) in [5.74, 6) is 0. The van der Waals surface area contributed by atoms with Gasteiger partial charge in [0, 0.05) is 10.8 Å². The summed E-state index contributed by atoms with van der Waals surface area (Å²) in [6.45, 7) is 8.62. The first-order chi connectivity index (χ1) is 14.3. The van der Waals surface area contributed by atoms with Crippen molar-refractivity contribution in [3.8, 4) is 0 Å². The van der Waals surface area contributed by atoms with Gasteiger partial charge in [-0.3, -0.25) is 0 Å². The van der Waals surface area contributed by atoms with Crippen LogP contribution in [0.15, 0.2) is 82.8 Å². The van der Waals surface area contributed by atoms with E-state index in [0.29, 0.717) is 11.4 Å². The summed E-state index contributed by atoms with van der Waals surface area (Å²) < 4.78 is 0. The zero-order valence-electron chi connectivity index (χ0n) is 17.6. The Morgan fingerprint density at radius 3 is 1.27 bits per heavy atom. The summed E-state index contributed by atoms with van der Waals surface area (Å²) in [5.41, 5.74) is 5.06. The molecule has 0 saturated heterocycles. The van der Waals surface area contributed by atoms with E-state index in [2.05, 4.69) is 61.9 Å². The highest BCUT2D eigenvalue weighted by atomic mass is 16.1. The SMILES string of the molecule is CC(C)(c1cccc(N=C=O)c1)c1cccc(C(C)(C)c2cccc(N=C=O)c2)c1. The maximum Gasteiger partial charge on any atom is 0.240 e. The van der Waals surface area contributed by atoms with Gasteiger partial charge in [0.05, 0.1) is 11.4 Å². The molecule has 3 aromatic rings. The first-order valence-corrected chi connectivity index (χ1v) is 9.77. The fraction of sp³-hybridized carbons (Fsp3) is 0.231. The molecule has 0 aliphatic carbocycles. The van der Waals surface area contributed by atoms with Gasteiger partial charge >= 0.3 is 0 Å². The number of aliphatic imine (C=N–C) groups is 2. The molecule has 0 heterocycles. The van der Waals surface area contributed by atoms with Gasteiger partial charge in [0.2, 0.25) is 12.2 Å². The lowest BCUT2D eigenvalue weighted by molar-refractivity contribution is 0.564. The molecule has 0 aliphatic rings. The monoisotopic (exact) mass is 396 g/mol. The molecule has 0 amide bonds. The summed E-state index contributed by atoms with van der Waals surface area (Å²) in [6, 6.07) is 23.8. The smallest absolute Gasteiger partial charge is 0.211 e. The molecule has 0 saturated carbocycles. The molecule has 0 atom stereocenters. The number of nitrogens with zero attached hydrogens (tertiary/aromatic N) is 2. The predicted molar refractivity (Wildman–Crippen MR) is 119 cm³/mol. The van der Waals surface area contributed by atoms with E-state index in [-0.39, 0.29) is 10.8 Å². The van der Waals surface area contributed by atoms with E-state index >= 15 is 0 Å². The third kappa shape index (κ3) is 4.21. The Labute approximate surface area is 177 Å². The topological polar surface area (TPSA) is 58.9 Å². The summed E-state index contributed by atoms with van der Waals surface area (Å²) in [4.78, 5) is 28.8. The molecule has 0 spiro atoms. The van der Waals surface area contributed by atoms with Crippen LogP contribution in [0.2, 0.25) is 0 Å². The molecule has 0 N–H and O–H groups in total. The molecular weight excluding hydrogens is 372 g/mol. The molecule has 0 aromatic heterocycles. The lowest BCUT2D eigenvalue weighted by atomic mass is 9.73. The van der Waals surface area contributed by atoms with Crippen molar-refractivity contribution in [3.63, 3.8) is 0 Å². The molecule has 3 rings (SSSR count). The quantitative estimate of drug-likeness (QED) is 0.364. The summed E-state index contributed by atoms with van der Waals surface area (Å²) in [6.07, 6.45) is 3.21. The maximum atomic E-state index is 10.6. The number of hydrogen-bond acceptors (Lipinski definition) is 4. The highest BCUT2D eigenvalue weighted by molar-refractivity contribution is 5.54. The zero-order valence-corrected chi connectivity index (χ0v) is 17.6. The molecule has 150 valence electrons. The number of hydrogen-bond donors (Lipinski definition) is 0. The van der Waals surface area contributed by atoms with Crippen molar-refractivity contribution >= 4 is 23.5 Å². The Balaban J connectivity index is 2.05. The van der Waals surface area contributed by atoms with Crippen molar-refractivity contribution in [1.82, 2.24) is 0 Å². The summed E-state index contributed by atoms with van der Waals surface area (Å²) >= 11 is 0. The Morgan fingerprint density at radius 2 is 0.900 bits per heavy atom. The van der Waals surface area contributed by atoms with Crippen LogP contribution in [0.5, 0.6) is 0 Å². The lowest BCUT2D eigenvalue weighted by Gasteiger charge is -2.31. The van der Waals surface area contributed by atoms with Crippen LogP contribution in [0, 0.1) is 0 Å². The number of isocyanates is 2. The minimum atomic E-state index is -0.288. The van der Waals surface area contributed by atoms with Gasteiger partial charge in [-0.25, -0.2) is 9.59 Å². The fourth-order valence-electron chi connectivity index (χ4n) is 3.66. The Kier molecular flexibility index (Phi) is 5.94. The van der Waals surface area contributed by atoms with Gasteiger partial charge in [-0.15, -0.1) is 0 Å². The average Bonchev–Trinajstić information content (AvgIpc) is 2.75. The van der Waals surface area contributed by atoms with E-state index < -0.39 is 0 Å². The van der Waals surface area contributed by atoms with Gasteiger partial charge in [-0.05, 0) is 46.5 Å². The predicted octanol–water partition coefficient (Wildman–Crippen LogP) is 6.27. The van der Waals surface area contributed by atoms with Crippen LogP contribution < -0.4 is 0 Å². The highest BCUT2D eigenvalue weighted by Gasteiger charge is 2.28. The summed E-state index contributed by atoms with van der Waals surface area (Å²) in [5, 5.41) is 0. The first-order valence-electron chi connectivity index (χ1n) is 9.77. The largest absolute Gasteiger partial charge is 0.240 e. The molecule has 0 fully saturated rings. The molecule has 4 heteroatoms. The van der Waals surface area contributed by atoms with Gasteiger partial charge in [0.1, 0.15) is 0 Å². The summed E-state index contributed by atoms with van der Waals surface area (Å²) in [7, 11) is 0. The molecule has 0 unspecified atom stereocenters. The van der Waals surface area contributed by atoms with Crippen LogP contribution >= 0.6 is 0 Å². The molecule has 0 radical (unpaired) electrons. The second kappa shape index (κ2) is 8.42. The third-order valence-electron chi connectivity index (χ3n) is 5.79. The van der Waals surface area contributed by atoms with Crippen LogP contribution in [0.4, 0.5) is 11.4 Å². The van der Waals surface area contributed by atoms with E-state index in [1.54, 1.807) is 24.3 Å². The second-order valence-electron chi connectivity index (χ2n) is 8.34. The van der Waals surface area contributed by atoms with Gasteiger partial charge in [0.25, 0.3) is 0 Å². The van der Waals surface area contributed by atoms with E-state index in [9.17, 15) is 9.59 Å². The van der Waals surface area contributed by atoms with Crippen molar-refractivity contribution in [3.05, 3.63) is 95.1 Å². The van der Waals surface area contributed by atoms with Gasteiger partial charge < -0.3 is 0 Å². The van der Waals surface area contributed by atoms with Crippen LogP contribution in [0.25, 0.3) is 0 Å². The van der Waals surface area contributed by atoms with Crippen molar-refractivity contribution in [1.29, 1.82) is 0 Å². The minimum Gasteiger partial charge on any atom is -0.211 e. The minimum absolute atomic E-state index is 0.288. The second-order valence-corrected chi connectivity index (χ2v) is 8.34. The Morgan fingerprint density at radius 1 is 0.567 bits per heavy atom. The number of carbonyl (C=O) groups excluding carboxylic acids is 2. The molecule has 4 nitrogen and oxygen atoms in total. The normalized spacial score (nSPS) is 11.3. The Hall–Kier alpha value is -3.58. The van der Waals surface area contributed by atoms with E-state index in [1.807, 2.05) is 36.4 Å². The fourth-order valence-corrected chi connectivity index (χ4v) is 3.66. The molecule has 30 heavy (non-hydrogen) atoms. The highest BCUT2D eigenvalue weighted by Crippen LogP contribution is 2.38. The maximum absolute atomic E-state index is 10.6. The number of benzene rings is 3. The first kappa shape index (κ1) is 21.1. The van der Waals surface area contributed by atoms with Crippen molar-refractivity contribution in [2.75, 3.05) is 0 Å². The van der Waals surface area contributed by atoms with Crippen molar-refractivity contribution in [2.45, 2.75) is 38.5 Å². The van der Waals surface area contributed by atoms with Gasteiger partial charge in [0.15, 0.2) is 0 Å². The van der Waals surface area contributed by atoms with E-state index in [4.69, 9.17) is 0 Å². The van der Waals surface area contributed by atoms with E-state index in [1.165, 1.54) is 0 Å². The number of rotatable bonds is 6. The van der Waals surface area contributed by atoms with Gasteiger partial charge in [-0.1, -0.05) is 76.2 Å². The third-order valence-corrected chi connectivity index (χ3v) is 5.79. The van der Waals surface area contributed by atoms with Crippen molar-refractivity contribution < 1.29 is 9.59 Å².